The van der Waals surface area contributed by atoms with Crippen molar-refractivity contribution >= 4 is 17.5 Å². The molecule has 1 atom stereocenters. The first-order chi connectivity index (χ1) is 8.01. The smallest absolute Gasteiger partial charge is 0.227 e. The first kappa shape index (κ1) is 14.0. The van der Waals surface area contributed by atoms with Crippen LogP contribution in [0.25, 0.3) is 0 Å². The van der Waals surface area contributed by atoms with Crippen molar-refractivity contribution in [2.24, 2.45) is 11.1 Å². The predicted octanol–water partition coefficient (Wildman–Crippen LogP) is 2.33. The van der Waals surface area contributed by atoms with E-state index < -0.39 is 5.41 Å². The zero-order valence-corrected chi connectivity index (χ0v) is 11.1. The number of halogens is 1. The number of rotatable bonds is 5. The SMILES string of the molecule is CCC(C)(CN)C(=O)NCc1cccc(Cl)c1. The summed E-state index contributed by atoms with van der Waals surface area (Å²) in [4.78, 5) is 12.0. The summed E-state index contributed by atoms with van der Waals surface area (Å²) in [5.74, 6) is -0.0116. The van der Waals surface area contributed by atoms with Crippen LogP contribution in [0, 0.1) is 5.41 Å². The van der Waals surface area contributed by atoms with Gasteiger partial charge < -0.3 is 11.1 Å². The van der Waals surface area contributed by atoms with Crippen LogP contribution in [-0.2, 0) is 11.3 Å². The maximum atomic E-state index is 12.0. The molecule has 0 aromatic heterocycles. The van der Waals surface area contributed by atoms with Gasteiger partial charge in [-0.15, -0.1) is 0 Å². The van der Waals surface area contributed by atoms with E-state index in [-0.39, 0.29) is 5.91 Å². The number of carbonyl (C=O) groups is 1. The number of carbonyl (C=O) groups excluding carboxylic acids is 1. The van der Waals surface area contributed by atoms with Crippen molar-refractivity contribution in [2.45, 2.75) is 26.8 Å². The van der Waals surface area contributed by atoms with Crippen LogP contribution in [0.2, 0.25) is 5.02 Å². The maximum absolute atomic E-state index is 12.0. The van der Waals surface area contributed by atoms with E-state index in [9.17, 15) is 4.79 Å². The third-order valence-electron chi connectivity index (χ3n) is 3.12. The minimum absolute atomic E-state index is 0.0116. The van der Waals surface area contributed by atoms with E-state index in [0.29, 0.717) is 18.1 Å². The van der Waals surface area contributed by atoms with E-state index in [1.807, 2.05) is 38.1 Å². The van der Waals surface area contributed by atoms with Crippen molar-refractivity contribution in [3.63, 3.8) is 0 Å². The second-order valence-corrected chi connectivity index (χ2v) is 4.87. The number of nitrogens with one attached hydrogen (secondary N) is 1. The highest BCUT2D eigenvalue weighted by Crippen LogP contribution is 2.19. The topological polar surface area (TPSA) is 55.1 Å². The molecule has 94 valence electrons. The Morgan fingerprint density at radius 2 is 2.24 bits per heavy atom. The van der Waals surface area contributed by atoms with Crippen LogP contribution in [-0.4, -0.2) is 12.5 Å². The fourth-order valence-corrected chi connectivity index (χ4v) is 1.65. The highest BCUT2D eigenvalue weighted by molar-refractivity contribution is 6.30. The normalized spacial score (nSPS) is 14.1. The molecule has 1 aromatic rings. The third kappa shape index (κ3) is 3.72. The highest BCUT2D eigenvalue weighted by Gasteiger charge is 2.29. The van der Waals surface area contributed by atoms with E-state index >= 15 is 0 Å². The van der Waals surface area contributed by atoms with Gasteiger partial charge in [0.2, 0.25) is 5.91 Å². The molecule has 0 saturated carbocycles. The molecule has 4 heteroatoms. The van der Waals surface area contributed by atoms with Gasteiger partial charge in [-0.1, -0.05) is 30.7 Å². The van der Waals surface area contributed by atoms with Crippen LogP contribution in [0.15, 0.2) is 24.3 Å². The van der Waals surface area contributed by atoms with Gasteiger partial charge in [0.1, 0.15) is 0 Å². The van der Waals surface area contributed by atoms with Crippen LogP contribution in [0.4, 0.5) is 0 Å². The standard InChI is InChI=1S/C13H19ClN2O/c1-3-13(2,9-15)12(17)16-8-10-5-4-6-11(14)7-10/h4-7H,3,8-9,15H2,1-2H3,(H,16,17). The fraction of sp³-hybridized carbons (Fsp3) is 0.462. The van der Waals surface area contributed by atoms with Crippen molar-refractivity contribution in [1.82, 2.24) is 5.32 Å². The van der Waals surface area contributed by atoms with Crippen molar-refractivity contribution in [2.75, 3.05) is 6.54 Å². The van der Waals surface area contributed by atoms with Crippen LogP contribution in [0.3, 0.4) is 0 Å². The summed E-state index contributed by atoms with van der Waals surface area (Å²) in [5, 5.41) is 3.57. The Labute approximate surface area is 107 Å². The second kappa shape index (κ2) is 6.03. The number of hydrogen-bond donors (Lipinski definition) is 2. The Bertz CT molecular complexity index is 389. The molecule has 1 rings (SSSR count). The Morgan fingerprint density at radius 3 is 2.76 bits per heavy atom. The number of amides is 1. The summed E-state index contributed by atoms with van der Waals surface area (Å²) in [6.45, 7) is 4.67. The van der Waals surface area contributed by atoms with Gasteiger partial charge in [-0.05, 0) is 31.0 Å². The minimum atomic E-state index is -0.488. The lowest BCUT2D eigenvalue weighted by Gasteiger charge is -2.24. The Morgan fingerprint density at radius 1 is 1.53 bits per heavy atom. The number of nitrogens with two attached hydrogens (primary N) is 1. The second-order valence-electron chi connectivity index (χ2n) is 4.43. The average molecular weight is 255 g/mol. The van der Waals surface area contributed by atoms with Crippen molar-refractivity contribution < 1.29 is 4.79 Å². The maximum Gasteiger partial charge on any atom is 0.227 e. The quantitative estimate of drug-likeness (QED) is 0.847. The molecule has 0 saturated heterocycles. The molecule has 1 unspecified atom stereocenters. The summed E-state index contributed by atoms with van der Waals surface area (Å²) in [6, 6.07) is 7.44. The minimum Gasteiger partial charge on any atom is -0.352 e. The van der Waals surface area contributed by atoms with Gasteiger partial charge in [0.05, 0.1) is 5.41 Å². The Hall–Kier alpha value is -1.06. The van der Waals surface area contributed by atoms with E-state index in [2.05, 4.69) is 5.32 Å². The first-order valence-electron chi connectivity index (χ1n) is 5.74. The van der Waals surface area contributed by atoms with Crippen LogP contribution in [0.1, 0.15) is 25.8 Å². The zero-order valence-electron chi connectivity index (χ0n) is 10.3. The van der Waals surface area contributed by atoms with Gasteiger partial charge in [-0.2, -0.15) is 0 Å². The Kier molecular flexibility index (Phi) is 4.97. The van der Waals surface area contributed by atoms with Gasteiger partial charge >= 0.3 is 0 Å². The summed E-state index contributed by atoms with van der Waals surface area (Å²) < 4.78 is 0. The van der Waals surface area contributed by atoms with Crippen molar-refractivity contribution in [3.8, 4) is 0 Å². The molecular weight excluding hydrogens is 236 g/mol. The lowest BCUT2D eigenvalue weighted by molar-refractivity contribution is -0.130. The molecule has 0 fully saturated rings. The molecule has 0 spiro atoms. The average Bonchev–Trinajstić information content (AvgIpc) is 2.35. The molecule has 3 N–H and O–H groups in total. The van der Waals surface area contributed by atoms with Crippen LogP contribution < -0.4 is 11.1 Å². The lowest BCUT2D eigenvalue weighted by Crippen LogP contribution is -2.43. The molecule has 17 heavy (non-hydrogen) atoms. The van der Waals surface area contributed by atoms with Gasteiger partial charge in [0, 0.05) is 18.1 Å². The summed E-state index contributed by atoms with van der Waals surface area (Å²) in [5.41, 5.74) is 6.13. The zero-order chi connectivity index (χ0) is 12.9. The predicted molar refractivity (Wildman–Crippen MR) is 70.8 cm³/mol. The molecule has 0 heterocycles. The van der Waals surface area contributed by atoms with Gasteiger partial charge in [0.25, 0.3) is 0 Å². The van der Waals surface area contributed by atoms with Gasteiger partial charge in [-0.25, -0.2) is 0 Å². The Balaban J connectivity index is 2.59. The van der Waals surface area contributed by atoms with Crippen LogP contribution in [0.5, 0.6) is 0 Å². The van der Waals surface area contributed by atoms with E-state index in [1.165, 1.54) is 0 Å². The van der Waals surface area contributed by atoms with Crippen LogP contribution >= 0.6 is 11.6 Å². The number of hydrogen-bond acceptors (Lipinski definition) is 2. The van der Waals surface area contributed by atoms with Gasteiger partial charge in [0.15, 0.2) is 0 Å². The van der Waals surface area contributed by atoms with Crippen molar-refractivity contribution in [1.29, 1.82) is 0 Å². The lowest BCUT2D eigenvalue weighted by atomic mass is 9.86. The molecule has 0 radical (unpaired) electrons. The summed E-state index contributed by atoms with van der Waals surface area (Å²) >= 11 is 5.87. The number of benzene rings is 1. The monoisotopic (exact) mass is 254 g/mol. The molecule has 0 aliphatic rings. The summed E-state index contributed by atoms with van der Waals surface area (Å²) in [7, 11) is 0. The molecule has 0 aliphatic carbocycles. The molecule has 1 aromatic carbocycles. The summed E-state index contributed by atoms with van der Waals surface area (Å²) in [6.07, 6.45) is 0.727. The molecular formula is C13H19ClN2O. The molecule has 0 bridgehead atoms. The first-order valence-corrected chi connectivity index (χ1v) is 6.12. The van der Waals surface area contributed by atoms with E-state index in [0.717, 1.165) is 12.0 Å². The van der Waals surface area contributed by atoms with E-state index in [4.69, 9.17) is 17.3 Å². The molecule has 0 aliphatic heterocycles. The molecule has 3 nitrogen and oxygen atoms in total. The van der Waals surface area contributed by atoms with Crippen molar-refractivity contribution in [3.05, 3.63) is 34.9 Å². The highest BCUT2D eigenvalue weighted by atomic mass is 35.5. The van der Waals surface area contributed by atoms with E-state index in [1.54, 1.807) is 0 Å². The largest absolute Gasteiger partial charge is 0.352 e. The third-order valence-corrected chi connectivity index (χ3v) is 3.36. The fourth-order valence-electron chi connectivity index (χ4n) is 1.44. The van der Waals surface area contributed by atoms with Gasteiger partial charge in [-0.3, -0.25) is 4.79 Å². The molecule has 1 amide bonds.